The molecule has 1 aromatic carbocycles. The van der Waals surface area contributed by atoms with Crippen LogP contribution in [0.3, 0.4) is 0 Å². The number of hydrogen-bond acceptors (Lipinski definition) is 2. The quantitative estimate of drug-likeness (QED) is 0.775. The van der Waals surface area contributed by atoms with Crippen LogP contribution >= 0.6 is 0 Å². The lowest BCUT2D eigenvalue weighted by molar-refractivity contribution is -0.149. The standard InChI is InChI=1S/C18H25NO3/c1-3-18(4-2,17(21)22)12-19-16(20)11-14-10-15(14)13-8-6-5-7-9-13/h5-9,14-15H,3-4,10-12H2,1-2H3,(H,19,20)(H,21,22)/t14-,15-/m0/s1. The van der Waals surface area contributed by atoms with Crippen LogP contribution in [0.4, 0.5) is 0 Å². The summed E-state index contributed by atoms with van der Waals surface area (Å²) in [5, 5.41) is 12.2. The minimum absolute atomic E-state index is 0.0315. The molecule has 22 heavy (non-hydrogen) atoms. The summed E-state index contributed by atoms with van der Waals surface area (Å²) in [6, 6.07) is 10.2. The van der Waals surface area contributed by atoms with Crippen molar-refractivity contribution in [1.29, 1.82) is 0 Å². The summed E-state index contributed by atoms with van der Waals surface area (Å²) in [5.41, 5.74) is 0.459. The first-order valence-electron chi connectivity index (χ1n) is 8.07. The number of carboxylic acid groups (broad SMARTS) is 1. The summed E-state index contributed by atoms with van der Waals surface area (Å²) in [4.78, 5) is 23.5. The minimum atomic E-state index is -0.835. The molecule has 120 valence electrons. The summed E-state index contributed by atoms with van der Waals surface area (Å²) in [5.74, 6) is 0.0146. The Hall–Kier alpha value is -1.84. The van der Waals surface area contributed by atoms with Crippen LogP contribution in [0.2, 0.25) is 0 Å². The number of carbonyl (C=O) groups is 2. The van der Waals surface area contributed by atoms with Crippen LogP contribution in [0.5, 0.6) is 0 Å². The van der Waals surface area contributed by atoms with E-state index in [2.05, 4.69) is 17.4 Å². The molecule has 2 N–H and O–H groups in total. The van der Waals surface area contributed by atoms with Gasteiger partial charge in [-0.05, 0) is 36.7 Å². The lowest BCUT2D eigenvalue weighted by Crippen LogP contribution is -2.42. The number of carboxylic acids is 1. The van der Waals surface area contributed by atoms with Crippen molar-refractivity contribution in [2.45, 2.75) is 45.4 Å². The maximum absolute atomic E-state index is 12.1. The fraction of sp³-hybridized carbons (Fsp3) is 0.556. The van der Waals surface area contributed by atoms with E-state index in [0.29, 0.717) is 31.1 Å². The maximum Gasteiger partial charge on any atom is 0.311 e. The molecule has 2 rings (SSSR count). The van der Waals surface area contributed by atoms with E-state index in [9.17, 15) is 14.7 Å². The van der Waals surface area contributed by atoms with E-state index < -0.39 is 11.4 Å². The first-order chi connectivity index (χ1) is 10.5. The highest BCUT2D eigenvalue weighted by molar-refractivity contribution is 5.79. The molecule has 1 fully saturated rings. The van der Waals surface area contributed by atoms with E-state index in [1.54, 1.807) is 0 Å². The van der Waals surface area contributed by atoms with Crippen molar-refractivity contribution in [2.75, 3.05) is 6.54 Å². The number of nitrogens with one attached hydrogen (secondary N) is 1. The zero-order valence-electron chi connectivity index (χ0n) is 13.3. The van der Waals surface area contributed by atoms with Crippen LogP contribution < -0.4 is 5.32 Å². The average molecular weight is 303 g/mol. The lowest BCUT2D eigenvalue weighted by atomic mass is 9.82. The van der Waals surface area contributed by atoms with Crippen molar-refractivity contribution in [1.82, 2.24) is 5.32 Å². The summed E-state index contributed by atoms with van der Waals surface area (Å²) in [7, 11) is 0. The summed E-state index contributed by atoms with van der Waals surface area (Å²) >= 11 is 0. The zero-order chi connectivity index (χ0) is 16.2. The molecule has 0 spiro atoms. The van der Waals surface area contributed by atoms with Gasteiger partial charge in [0.15, 0.2) is 0 Å². The highest BCUT2D eigenvalue weighted by atomic mass is 16.4. The Kier molecular flexibility index (Phi) is 5.22. The average Bonchev–Trinajstić information content (AvgIpc) is 3.28. The van der Waals surface area contributed by atoms with Crippen LogP contribution in [0, 0.1) is 11.3 Å². The normalized spacial score (nSPS) is 20.5. The van der Waals surface area contributed by atoms with Crippen LogP contribution in [0.1, 0.15) is 51.0 Å². The smallest absolute Gasteiger partial charge is 0.311 e. The van der Waals surface area contributed by atoms with E-state index >= 15 is 0 Å². The summed E-state index contributed by atoms with van der Waals surface area (Å²) in [6.07, 6.45) is 2.58. The third-order valence-corrected chi connectivity index (χ3v) is 5.03. The van der Waals surface area contributed by atoms with Gasteiger partial charge in [0, 0.05) is 13.0 Å². The summed E-state index contributed by atoms with van der Waals surface area (Å²) < 4.78 is 0. The predicted molar refractivity (Wildman–Crippen MR) is 85.6 cm³/mol. The van der Waals surface area contributed by atoms with Gasteiger partial charge in [0.1, 0.15) is 0 Å². The molecular formula is C18H25NO3. The third-order valence-electron chi connectivity index (χ3n) is 5.03. The molecule has 0 saturated heterocycles. The molecule has 0 heterocycles. The van der Waals surface area contributed by atoms with Gasteiger partial charge in [0.2, 0.25) is 5.91 Å². The van der Waals surface area contributed by atoms with E-state index in [-0.39, 0.29) is 12.5 Å². The van der Waals surface area contributed by atoms with Crippen LogP contribution in [0.15, 0.2) is 30.3 Å². The second-order valence-electron chi connectivity index (χ2n) is 6.29. The first kappa shape index (κ1) is 16.5. The van der Waals surface area contributed by atoms with Gasteiger partial charge in [-0.1, -0.05) is 44.2 Å². The molecule has 0 bridgehead atoms. The van der Waals surface area contributed by atoms with E-state index in [1.807, 2.05) is 32.0 Å². The number of carbonyl (C=O) groups excluding carboxylic acids is 1. The number of rotatable bonds is 8. The monoisotopic (exact) mass is 303 g/mol. The van der Waals surface area contributed by atoms with Crippen molar-refractivity contribution in [3.8, 4) is 0 Å². The van der Waals surface area contributed by atoms with E-state index in [0.717, 1.165) is 6.42 Å². The number of aliphatic carboxylic acids is 1. The van der Waals surface area contributed by atoms with Gasteiger partial charge in [-0.2, -0.15) is 0 Å². The van der Waals surface area contributed by atoms with Crippen LogP contribution in [-0.4, -0.2) is 23.5 Å². The molecule has 0 aromatic heterocycles. The van der Waals surface area contributed by atoms with Gasteiger partial charge < -0.3 is 10.4 Å². The Morgan fingerprint density at radius 3 is 2.41 bits per heavy atom. The largest absolute Gasteiger partial charge is 0.481 e. The maximum atomic E-state index is 12.1. The van der Waals surface area contributed by atoms with Crippen molar-refractivity contribution in [2.24, 2.45) is 11.3 Å². The minimum Gasteiger partial charge on any atom is -0.481 e. The van der Waals surface area contributed by atoms with Gasteiger partial charge in [-0.15, -0.1) is 0 Å². The molecule has 4 heteroatoms. The molecule has 2 atom stereocenters. The van der Waals surface area contributed by atoms with Crippen molar-refractivity contribution >= 4 is 11.9 Å². The predicted octanol–water partition coefficient (Wildman–Crippen LogP) is 3.19. The number of benzene rings is 1. The van der Waals surface area contributed by atoms with Crippen LogP contribution in [-0.2, 0) is 9.59 Å². The van der Waals surface area contributed by atoms with Gasteiger partial charge in [0.25, 0.3) is 0 Å². The fourth-order valence-electron chi connectivity index (χ4n) is 3.04. The van der Waals surface area contributed by atoms with Gasteiger partial charge in [-0.25, -0.2) is 0 Å². The third kappa shape index (κ3) is 3.67. The van der Waals surface area contributed by atoms with Gasteiger partial charge in [0.05, 0.1) is 5.41 Å². The molecule has 4 nitrogen and oxygen atoms in total. The van der Waals surface area contributed by atoms with Gasteiger partial charge in [-0.3, -0.25) is 9.59 Å². The molecule has 0 unspecified atom stereocenters. The highest BCUT2D eigenvalue weighted by Gasteiger charge is 2.40. The number of amides is 1. The Bertz CT molecular complexity index is 522. The molecule has 0 aliphatic heterocycles. The lowest BCUT2D eigenvalue weighted by Gasteiger charge is -2.26. The molecular weight excluding hydrogens is 278 g/mol. The molecule has 1 aliphatic carbocycles. The Labute approximate surface area is 131 Å². The first-order valence-corrected chi connectivity index (χ1v) is 8.07. The topological polar surface area (TPSA) is 66.4 Å². The Morgan fingerprint density at radius 2 is 1.86 bits per heavy atom. The SMILES string of the molecule is CCC(CC)(CNC(=O)C[C@@H]1C[C@H]1c1ccccc1)C(=O)O. The van der Waals surface area contributed by atoms with Gasteiger partial charge >= 0.3 is 5.97 Å². The second-order valence-corrected chi connectivity index (χ2v) is 6.29. The van der Waals surface area contributed by atoms with Crippen molar-refractivity contribution in [3.63, 3.8) is 0 Å². The Balaban J connectivity index is 1.81. The second kappa shape index (κ2) is 6.95. The van der Waals surface area contributed by atoms with E-state index in [4.69, 9.17) is 0 Å². The zero-order valence-corrected chi connectivity index (χ0v) is 13.3. The van der Waals surface area contributed by atoms with Crippen molar-refractivity contribution < 1.29 is 14.7 Å². The molecule has 1 aliphatic rings. The Morgan fingerprint density at radius 1 is 1.23 bits per heavy atom. The molecule has 0 radical (unpaired) electrons. The fourth-order valence-corrected chi connectivity index (χ4v) is 3.04. The molecule has 1 amide bonds. The van der Waals surface area contributed by atoms with Crippen molar-refractivity contribution in [3.05, 3.63) is 35.9 Å². The summed E-state index contributed by atoms with van der Waals surface area (Å²) in [6.45, 7) is 3.93. The van der Waals surface area contributed by atoms with Crippen LogP contribution in [0.25, 0.3) is 0 Å². The number of hydrogen-bond donors (Lipinski definition) is 2. The molecule has 1 saturated carbocycles. The van der Waals surface area contributed by atoms with E-state index in [1.165, 1.54) is 5.56 Å². The highest BCUT2D eigenvalue weighted by Crippen LogP contribution is 2.49. The molecule has 1 aromatic rings.